The predicted molar refractivity (Wildman–Crippen MR) is 50.0 cm³/mol. The summed E-state index contributed by atoms with van der Waals surface area (Å²) in [5.41, 5.74) is 4.92. The summed E-state index contributed by atoms with van der Waals surface area (Å²) in [5.74, 6) is -0.113. The minimum atomic E-state index is -0.687. The van der Waals surface area contributed by atoms with Crippen molar-refractivity contribution in [2.45, 2.75) is 32.4 Å². The van der Waals surface area contributed by atoms with E-state index >= 15 is 0 Å². The lowest BCUT2D eigenvalue weighted by Gasteiger charge is -2.45. The average molecular weight is 186 g/mol. The Hall–Kier alpha value is -0.610. The average Bonchev–Trinajstić information content (AvgIpc) is 1.97. The van der Waals surface area contributed by atoms with Crippen molar-refractivity contribution < 1.29 is 9.90 Å². The number of amides is 1. The molecule has 2 atom stereocenters. The molecule has 1 rings (SSSR count). The monoisotopic (exact) mass is 186 g/mol. The zero-order valence-corrected chi connectivity index (χ0v) is 8.45. The van der Waals surface area contributed by atoms with Crippen LogP contribution < -0.4 is 5.73 Å². The second-order valence-corrected chi connectivity index (χ2v) is 4.34. The zero-order chi connectivity index (χ0) is 10.2. The molecule has 0 aromatic heterocycles. The van der Waals surface area contributed by atoms with Crippen molar-refractivity contribution in [2.24, 2.45) is 11.7 Å². The Labute approximate surface area is 78.7 Å². The zero-order valence-electron chi connectivity index (χ0n) is 8.45. The third-order valence-corrected chi connectivity index (χ3v) is 2.55. The number of carbonyl (C=O) groups excluding carboxylic acids is 1. The molecule has 0 spiro atoms. The van der Waals surface area contributed by atoms with E-state index in [4.69, 9.17) is 5.73 Å². The van der Waals surface area contributed by atoms with Gasteiger partial charge in [0.1, 0.15) is 0 Å². The van der Waals surface area contributed by atoms with Gasteiger partial charge in [-0.1, -0.05) is 6.92 Å². The molecule has 1 aliphatic heterocycles. The van der Waals surface area contributed by atoms with Crippen molar-refractivity contribution in [2.75, 3.05) is 13.1 Å². The van der Waals surface area contributed by atoms with Gasteiger partial charge in [-0.15, -0.1) is 0 Å². The van der Waals surface area contributed by atoms with Gasteiger partial charge in [0.25, 0.3) is 0 Å². The van der Waals surface area contributed by atoms with Gasteiger partial charge in [0, 0.05) is 6.04 Å². The van der Waals surface area contributed by atoms with Crippen LogP contribution in [-0.4, -0.2) is 40.6 Å². The number of nitrogens with zero attached hydrogens (tertiary/aromatic N) is 1. The lowest BCUT2D eigenvalue weighted by Crippen LogP contribution is -2.63. The third kappa shape index (κ3) is 2.19. The lowest BCUT2D eigenvalue weighted by molar-refractivity contribution is -0.156. The summed E-state index contributed by atoms with van der Waals surface area (Å²) >= 11 is 0. The van der Waals surface area contributed by atoms with Crippen LogP contribution in [0.2, 0.25) is 0 Å². The van der Waals surface area contributed by atoms with Gasteiger partial charge in [0.05, 0.1) is 24.6 Å². The summed E-state index contributed by atoms with van der Waals surface area (Å²) < 4.78 is 0. The van der Waals surface area contributed by atoms with Crippen molar-refractivity contribution in [3.05, 3.63) is 0 Å². The van der Waals surface area contributed by atoms with Gasteiger partial charge in [0.2, 0.25) is 5.91 Å². The first-order valence-electron chi connectivity index (χ1n) is 4.60. The van der Waals surface area contributed by atoms with Crippen LogP contribution in [0.4, 0.5) is 0 Å². The fourth-order valence-electron chi connectivity index (χ4n) is 1.44. The first-order chi connectivity index (χ1) is 5.83. The van der Waals surface area contributed by atoms with Crippen molar-refractivity contribution >= 4 is 5.91 Å². The van der Waals surface area contributed by atoms with E-state index in [0.717, 1.165) is 0 Å². The van der Waals surface area contributed by atoms with E-state index in [9.17, 15) is 9.90 Å². The van der Waals surface area contributed by atoms with Crippen LogP contribution >= 0.6 is 0 Å². The van der Waals surface area contributed by atoms with E-state index in [-0.39, 0.29) is 17.9 Å². The molecule has 76 valence electrons. The second kappa shape index (κ2) is 3.27. The number of likely N-dealkylation sites (tertiary alicyclic amines) is 1. The van der Waals surface area contributed by atoms with Gasteiger partial charge < -0.3 is 15.7 Å². The van der Waals surface area contributed by atoms with E-state index in [2.05, 4.69) is 0 Å². The number of β-amino-alcohol motifs (C(OH)–C–C–N with tert-alkyl or cyclic N) is 1. The molecule has 3 N–H and O–H groups in total. The first-order valence-corrected chi connectivity index (χ1v) is 4.60. The van der Waals surface area contributed by atoms with Crippen molar-refractivity contribution in [1.29, 1.82) is 0 Å². The van der Waals surface area contributed by atoms with Crippen molar-refractivity contribution in [3.8, 4) is 0 Å². The van der Waals surface area contributed by atoms with Gasteiger partial charge in [-0.2, -0.15) is 0 Å². The molecule has 0 aromatic carbocycles. The molecule has 1 saturated heterocycles. The van der Waals surface area contributed by atoms with Gasteiger partial charge in [-0.05, 0) is 13.8 Å². The van der Waals surface area contributed by atoms with Gasteiger partial charge in [0.15, 0.2) is 0 Å². The van der Waals surface area contributed by atoms with E-state index in [1.54, 1.807) is 11.8 Å². The smallest absolute Gasteiger partial charge is 0.227 e. The summed E-state index contributed by atoms with van der Waals surface area (Å²) in [6, 6.07) is -0.127. The highest BCUT2D eigenvalue weighted by molar-refractivity contribution is 5.80. The van der Waals surface area contributed by atoms with Crippen LogP contribution in [0.15, 0.2) is 0 Å². The normalized spacial score (nSPS) is 24.8. The highest BCUT2D eigenvalue weighted by Crippen LogP contribution is 2.22. The Morgan fingerprint density at radius 2 is 2.00 bits per heavy atom. The summed E-state index contributed by atoms with van der Waals surface area (Å²) in [5, 5.41) is 9.43. The van der Waals surface area contributed by atoms with Crippen LogP contribution in [-0.2, 0) is 4.79 Å². The number of rotatable bonds is 2. The largest absolute Gasteiger partial charge is 0.386 e. The minimum absolute atomic E-state index is 0.0431. The molecule has 0 radical (unpaired) electrons. The number of hydrogen-bond acceptors (Lipinski definition) is 3. The van der Waals surface area contributed by atoms with E-state index in [1.807, 2.05) is 13.8 Å². The maximum atomic E-state index is 11.6. The van der Waals surface area contributed by atoms with Crippen molar-refractivity contribution in [1.82, 2.24) is 4.90 Å². The predicted octanol–water partition coefficient (Wildman–Crippen LogP) is -0.437. The van der Waals surface area contributed by atoms with Crippen LogP contribution in [0.5, 0.6) is 0 Å². The number of nitrogens with two attached hydrogens (primary N) is 1. The minimum Gasteiger partial charge on any atom is -0.386 e. The second-order valence-electron chi connectivity index (χ2n) is 4.34. The molecule has 4 heteroatoms. The number of aliphatic hydroxyl groups is 1. The Morgan fingerprint density at radius 1 is 1.54 bits per heavy atom. The molecule has 0 aliphatic carbocycles. The highest BCUT2D eigenvalue weighted by Gasteiger charge is 2.40. The first kappa shape index (κ1) is 10.5. The van der Waals surface area contributed by atoms with Crippen LogP contribution in [0, 0.1) is 5.92 Å². The number of hydrogen-bond donors (Lipinski definition) is 2. The Bertz CT molecular complexity index is 206. The van der Waals surface area contributed by atoms with E-state index < -0.39 is 5.60 Å². The topological polar surface area (TPSA) is 66.6 Å². The Morgan fingerprint density at radius 3 is 2.31 bits per heavy atom. The maximum absolute atomic E-state index is 11.6. The molecular weight excluding hydrogens is 168 g/mol. The molecule has 1 amide bonds. The molecule has 13 heavy (non-hydrogen) atoms. The molecule has 0 saturated carbocycles. The fourth-order valence-corrected chi connectivity index (χ4v) is 1.44. The summed E-state index contributed by atoms with van der Waals surface area (Å²) in [6.45, 7) is 6.24. The van der Waals surface area contributed by atoms with Crippen LogP contribution in [0.1, 0.15) is 20.8 Å². The Balaban J connectivity index is 2.43. The molecule has 1 fully saturated rings. The molecule has 2 unspecified atom stereocenters. The van der Waals surface area contributed by atoms with Crippen LogP contribution in [0.25, 0.3) is 0 Å². The van der Waals surface area contributed by atoms with E-state index in [0.29, 0.717) is 13.1 Å². The SMILES string of the molecule is CC(N)C(C)C(=O)N1CC(C)(O)C1. The lowest BCUT2D eigenvalue weighted by atomic mass is 9.93. The summed E-state index contributed by atoms with van der Waals surface area (Å²) in [6.07, 6.45) is 0. The third-order valence-electron chi connectivity index (χ3n) is 2.55. The fraction of sp³-hybridized carbons (Fsp3) is 0.889. The molecule has 4 nitrogen and oxygen atoms in total. The Kier molecular flexibility index (Phi) is 2.63. The molecule has 1 heterocycles. The molecule has 0 bridgehead atoms. The summed E-state index contributed by atoms with van der Waals surface area (Å²) in [4.78, 5) is 13.2. The van der Waals surface area contributed by atoms with Crippen LogP contribution in [0.3, 0.4) is 0 Å². The molecule has 1 aliphatic rings. The van der Waals surface area contributed by atoms with Gasteiger partial charge in [-0.3, -0.25) is 4.79 Å². The number of carbonyl (C=O) groups is 1. The standard InChI is InChI=1S/C9H18N2O2/c1-6(7(2)10)8(12)11-4-9(3,13)5-11/h6-7,13H,4-5,10H2,1-3H3. The van der Waals surface area contributed by atoms with Gasteiger partial charge >= 0.3 is 0 Å². The quantitative estimate of drug-likeness (QED) is 0.614. The summed E-state index contributed by atoms with van der Waals surface area (Å²) in [7, 11) is 0. The highest BCUT2D eigenvalue weighted by atomic mass is 16.3. The maximum Gasteiger partial charge on any atom is 0.227 e. The molecular formula is C9H18N2O2. The molecule has 0 aromatic rings. The van der Waals surface area contributed by atoms with Gasteiger partial charge in [-0.25, -0.2) is 0 Å². The van der Waals surface area contributed by atoms with Crippen molar-refractivity contribution in [3.63, 3.8) is 0 Å². The van der Waals surface area contributed by atoms with E-state index in [1.165, 1.54) is 0 Å².